The summed E-state index contributed by atoms with van der Waals surface area (Å²) in [6, 6.07) is 8.08. The molecule has 0 saturated carbocycles. The molecule has 1 aliphatic rings. The lowest BCUT2D eigenvalue weighted by atomic mass is 10.2. The Kier molecular flexibility index (Phi) is 3.25. The zero-order valence-electron chi connectivity index (χ0n) is 10.9. The van der Waals surface area contributed by atoms with Gasteiger partial charge in [-0.3, -0.25) is 0 Å². The predicted octanol–water partition coefficient (Wildman–Crippen LogP) is 1.76. The molecule has 1 aromatic carbocycles. The maximum atomic E-state index is 5.72. The van der Waals surface area contributed by atoms with Gasteiger partial charge in [0.2, 0.25) is 5.13 Å². The molecular formula is C13H17N5S. The summed E-state index contributed by atoms with van der Waals surface area (Å²) in [5.41, 5.74) is 7.77. The number of nitrogen functional groups attached to an aromatic ring is 1. The summed E-state index contributed by atoms with van der Waals surface area (Å²) in [6.45, 7) is 5.91. The monoisotopic (exact) mass is 275 g/mol. The Labute approximate surface area is 116 Å². The number of benzene rings is 1. The lowest BCUT2D eigenvalue weighted by Gasteiger charge is -2.35. The summed E-state index contributed by atoms with van der Waals surface area (Å²) in [4.78, 5) is 9.12. The average Bonchev–Trinajstić information content (AvgIpc) is 2.87. The van der Waals surface area contributed by atoms with Crippen LogP contribution in [-0.4, -0.2) is 35.5 Å². The zero-order valence-corrected chi connectivity index (χ0v) is 11.7. The number of aromatic nitrogens is 2. The zero-order chi connectivity index (χ0) is 13.2. The molecule has 2 heterocycles. The average molecular weight is 275 g/mol. The van der Waals surface area contributed by atoms with Gasteiger partial charge in [0.05, 0.1) is 0 Å². The number of rotatable bonds is 2. The molecule has 0 aliphatic carbocycles. The van der Waals surface area contributed by atoms with Crippen molar-refractivity contribution in [3.63, 3.8) is 0 Å². The van der Waals surface area contributed by atoms with Crippen LogP contribution in [0.3, 0.4) is 0 Å². The van der Waals surface area contributed by atoms with Gasteiger partial charge in [-0.25, -0.2) is 4.98 Å². The van der Waals surface area contributed by atoms with Crippen LogP contribution in [0.5, 0.6) is 0 Å². The summed E-state index contributed by atoms with van der Waals surface area (Å²) in [5, 5.41) is 1.04. The van der Waals surface area contributed by atoms with Crippen molar-refractivity contribution in [2.45, 2.75) is 6.92 Å². The molecule has 1 fully saturated rings. The van der Waals surface area contributed by atoms with Gasteiger partial charge in [0.1, 0.15) is 5.82 Å². The van der Waals surface area contributed by atoms with Gasteiger partial charge in [-0.2, -0.15) is 4.37 Å². The van der Waals surface area contributed by atoms with Crippen molar-refractivity contribution in [3.8, 4) is 0 Å². The van der Waals surface area contributed by atoms with Crippen molar-refractivity contribution in [2.24, 2.45) is 0 Å². The first-order valence-corrected chi connectivity index (χ1v) is 7.15. The minimum absolute atomic E-state index is 0.812. The van der Waals surface area contributed by atoms with E-state index in [1.165, 1.54) is 17.2 Å². The molecule has 0 spiro atoms. The highest BCUT2D eigenvalue weighted by atomic mass is 32.1. The Bertz CT molecular complexity index is 542. The highest BCUT2D eigenvalue weighted by Crippen LogP contribution is 2.22. The molecule has 0 atom stereocenters. The molecule has 1 saturated heterocycles. The van der Waals surface area contributed by atoms with E-state index in [9.17, 15) is 0 Å². The lowest BCUT2D eigenvalue weighted by Crippen LogP contribution is -2.46. The van der Waals surface area contributed by atoms with Gasteiger partial charge in [0.15, 0.2) is 0 Å². The second-order valence-corrected chi connectivity index (χ2v) is 5.42. The maximum absolute atomic E-state index is 5.72. The standard InChI is InChI=1S/C13H17N5S/c1-10-15-13(19-16-10)18-8-6-17(7-9-18)12-4-2-11(14)3-5-12/h2-5H,6-9,14H2,1H3. The normalized spacial score (nSPS) is 15.8. The van der Waals surface area contributed by atoms with E-state index in [4.69, 9.17) is 5.73 Å². The highest BCUT2D eigenvalue weighted by molar-refractivity contribution is 7.09. The molecule has 2 aromatic rings. The smallest absolute Gasteiger partial charge is 0.205 e. The van der Waals surface area contributed by atoms with Crippen molar-refractivity contribution >= 4 is 28.0 Å². The minimum atomic E-state index is 0.812. The van der Waals surface area contributed by atoms with E-state index in [-0.39, 0.29) is 0 Å². The van der Waals surface area contributed by atoms with Crippen molar-refractivity contribution in [3.05, 3.63) is 30.1 Å². The van der Waals surface area contributed by atoms with E-state index >= 15 is 0 Å². The van der Waals surface area contributed by atoms with Crippen LogP contribution < -0.4 is 15.5 Å². The first-order chi connectivity index (χ1) is 9.22. The van der Waals surface area contributed by atoms with Gasteiger partial charge >= 0.3 is 0 Å². The molecule has 0 bridgehead atoms. The molecule has 1 aliphatic heterocycles. The third-order valence-electron chi connectivity index (χ3n) is 3.33. The van der Waals surface area contributed by atoms with Gasteiger partial charge in [-0.15, -0.1) is 0 Å². The van der Waals surface area contributed by atoms with E-state index in [1.54, 1.807) is 0 Å². The number of piperazine rings is 1. The van der Waals surface area contributed by atoms with Gasteiger partial charge in [0.25, 0.3) is 0 Å². The van der Waals surface area contributed by atoms with Crippen LogP contribution in [0.25, 0.3) is 0 Å². The van der Waals surface area contributed by atoms with Crippen LogP contribution >= 0.6 is 11.5 Å². The van der Waals surface area contributed by atoms with Crippen LogP contribution in [0, 0.1) is 6.92 Å². The number of hydrogen-bond acceptors (Lipinski definition) is 6. The molecule has 0 radical (unpaired) electrons. The minimum Gasteiger partial charge on any atom is -0.399 e. The SMILES string of the molecule is Cc1nsc(N2CCN(c3ccc(N)cc3)CC2)n1. The molecule has 2 N–H and O–H groups in total. The summed E-state index contributed by atoms with van der Waals surface area (Å²) >= 11 is 1.48. The van der Waals surface area contributed by atoms with E-state index in [2.05, 4.69) is 31.3 Å². The van der Waals surface area contributed by atoms with Crippen molar-refractivity contribution < 1.29 is 0 Å². The fraction of sp³-hybridized carbons (Fsp3) is 0.385. The lowest BCUT2D eigenvalue weighted by molar-refractivity contribution is 0.651. The largest absolute Gasteiger partial charge is 0.399 e. The highest BCUT2D eigenvalue weighted by Gasteiger charge is 2.19. The predicted molar refractivity (Wildman–Crippen MR) is 79.9 cm³/mol. The van der Waals surface area contributed by atoms with E-state index in [0.717, 1.165) is 42.8 Å². The van der Waals surface area contributed by atoms with Crippen molar-refractivity contribution in [2.75, 3.05) is 41.7 Å². The van der Waals surface area contributed by atoms with Crippen molar-refractivity contribution in [1.29, 1.82) is 0 Å². The number of hydrogen-bond donors (Lipinski definition) is 1. The van der Waals surface area contributed by atoms with Crippen LogP contribution in [0.15, 0.2) is 24.3 Å². The molecule has 100 valence electrons. The molecule has 5 nitrogen and oxygen atoms in total. The Hall–Kier alpha value is -1.82. The Morgan fingerprint density at radius 3 is 2.26 bits per heavy atom. The van der Waals surface area contributed by atoms with Crippen LogP contribution in [0.2, 0.25) is 0 Å². The number of nitrogens with zero attached hydrogens (tertiary/aromatic N) is 4. The molecule has 0 amide bonds. The molecule has 19 heavy (non-hydrogen) atoms. The van der Waals surface area contributed by atoms with Crippen LogP contribution in [0.4, 0.5) is 16.5 Å². The van der Waals surface area contributed by atoms with Gasteiger partial charge in [0, 0.05) is 49.1 Å². The summed E-state index contributed by atoms with van der Waals surface area (Å²) in [6.07, 6.45) is 0. The fourth-order valence-corrected chi connectivity index (χ4v) is 2.98. The van der Waals surface area contributed by atoms with Gasteiger partial charge < -0.3 is 15.5 Å². The van der Waals surface area contributed by atoms with Gasteiger partial charge in [-0.05, 0) is 31.2 Å². The number of aryl methyl sites for hydroxylation is 1. The van der Waals surface area contributed by atoms with E-state index < -0.39 is 0 Å². The van der Waals surface area contributed by atoms with Crippen molar-refractivity contribution in [1.82, 2.24) is 9.36 Å². The van der Waals surface area contributed by atoms with Gasteiger partial charge in [-0.1, -0.05) is 0 Å². The van der Waals surface area contributed by atoms with E-state index in [0.29, 0.717) is 0 Å². The Balaban J connectivity index is 1.64. The second kappa shape index (κ2) is 5.05. The van der Waals surface area contributed by atoms with E-state index in [1.807, 2.05) is 19.1 Å². The number of nitrogens with two attached hydrogens (primary N) is 1. The first-order valence-electron chi connectivity index (χ1n) is 6.38. The van der Waals surface area contributed by atoms with Crippen LogP contribution in [-0.2, 0) is 0 Å². The molecule has 6 heteroatoms. The Morgan fingerprint density at radius 2 is 1.68 bits per heavy atom. The molecule has 1 aromatic heterocycles. The summed E-state index contributed by atoms with van der Waals surface area (Å²) < 4.78 is 4.24. The third-order valence-corrected chi connectivity index (χ3v) is 4.19. The van der Waals surface area contributed by atoms with Crippen LogP contribution in [0.1, 0.15) is 5.82 Å². The second-order valence-electron chi connectivity index (χ2n) is 4.69. The third kappa shape index (κ3) is 2.63. The Morgan fingerprint density at radius 1 is 1.05 bits per heavy atom. The first kappa shape index (κ1) is 12.2. The molecular weight excluding hydrogens is 258 g/mol. The topological polar surface area (TPSA) is 58.3 Å². The quantitative estimate of drug-likeness (QED) is 0.846. The summed E-state index contributed by atoms with van der Waals surface area (Å²) in [5.74, 6) is 0.862. The maximum Gasteiger partial charge on any atom is 0.205 e. The fourth-order valence-electron chi connectivity index (χ4n) is 2.26. The number of anilines is 3. The summed E-state index contributed by atoms with van der Waals surface area (Å²) in [7, 11) is 0. The molecule has 0 unspecified atom stereocenters. The molecule has 3 rings (SSSR count).